The molecule has 0 unspecified atom stereocenters. The first-order valence-electron chi connectivity index (χ1n) is 49.3. The zero-order chi connectivity index (χ0) is 105. The number of hydrogen-bond donors (Lipinski definition) is 14. The van der Waals surface area contributed by atoms with Crippen LogP contribution in [0.25, 0.3) is 11.1 Å². The van der Waals surface area contributed by atoms with Gasteiger partial charge in [-0.05, 0) is 179 Å². The highest BCUT2D eigenvalue weighted by atomic mass is 35.5. The van der Waals surface area contributed by atoms with Gasteiger partial charge < -0.3 is 81.8 Å². The van der Waals surface area contributed by atoms with E-state index in [2.05, 4.69) is 72.5 Å². The summed E-state index contributed by atoms with van der Waals surface area (Å²) in [5, 5.41) is 22.2. The van der Waals surface area contributed by atoms with Gasteiger partial charge >= 0.3 is 0 Å². The van der Waals surface area contributed by atoms with Crippen LogP contribution in [0.5, 0.6) is 0 Å². The molecule has 0 bridgehead atoms. The smallest absolute Gasteiger partial charge is 0.254 e. The number of alkyl halides is 3. The zero-order valence-corrected chi connectivity index (χ0v) is 85.2. The van der Waals surface area contributed by atoms with E-state index in [0.29, 0.717) is 199 Å². The Morgan fingerprint density at radius 1 is 0.385 bits per heavy atom. The highest BCUT2D eigenvalue weighted by molar-refractivity contribution is 6.28. The Kier molecular flexibility index (Phi) is 61.3. The number of rotatable bonds is 48. The van der Waals surface area contributed by atoms with Crippen molar-refractivity contribution in [2.24, 2.45) is 64.4 Å². The van der Waals surface area contributed by atoms with Crippen molar-refractivity contribution < 1.29 is 57.5 Å². The predicted molar refractivity (Wildman–Crippen MR) is 599 cm³/mol. The van der Waals surface area contributed by atoms with Gasteiger partial charge in [0.25, 0.3) is 23.6 Å². The van der Waals surface area contributed by atoms with Crippen LogP contribution in [0.2, 0.25) is 0 Å². The number of amides is 9. The van der Waals surface area contributed by atoms with Gasteiger partial charge in [-0.1, -0.05) is 225 Å². The zero-order valence-electron chi connectivity index (χ0n) is 82.9. The molecule has 9 amide bonds. The van der Waals surface area contributed by atoms with Crippen molar-refractivity contribution in [2.45, 2.75) is 227 Å². The number of benzene rings is 8. The second kappa shape index (κ2) is 72.1. The molecule has 8 aromatic carbocycles. The van der Waals surface area contributed by atoms with Crippen molar-refractivity contribution in [1.82, 2.24) is 42.1 Å². The maximum atomic E-state index is 13.0. The number of carbonyl (C=O) groups is 12. The van der Waals surface area contributed by atoms with Gasteiger partial charge in [-0.25, -0.2) is 0 Å². The van der Waals surface area contributed by atoms with Crippen LogP contribution >= 0.6 is 34.8 Å². The van der Waals surface area contributed by atoms with Crippen LogP contribution in [-0.2, 0) is 57.6 Å². The average Bonchev–Trinajstić information content (AvgIpc) is 1.64. The number of aliphatic imine (C=N–C) groups is 6. The number of carbonyl (C=O) groups excluding carboxylic acids is 12. The minimum Gasteiger partial charge on any atom is -0.387 e. The fourth-order valence-electron chi connectivity index (χ4n) is 15.3. The standard InChI is InChI=1S/C28H30ClN3O2.C22H26ClN3O2.C21H24ClN3O2.C15H20N4O2.C13H22N4O2.C10H18N4O2.3CH4/c29-20-27(30)31-19-7-12-25(26(33)18-13-21-8-3-1-4-9-21)32-28(34)24-16-14-23(15-17-24)22-10-5-2-6-11-22;23-16-21(24)25-15-7-12-19(26-22(28)18-10-5-2-6-11-18)20(27)14-13-17-8-3-1-4-9-17;22-15-20(23)24-13-7-12-18(19(26)14-16-8-3-1-4-9-16)25-21(27)17-10-5-2-6-11-17;1-2-13(16)17-9-5-8-12-15(21)18-11-7-4-3-6-10(11)14(20)19-12;1-2-11(14)15-7-3-5-9-13(19)17-8-4-6-10(17)12(18)16-9;1-2-8(11)12-5-3-4-7-10(16)13-6-9(15)14-7;;;/h1-6,8-11,14-17,25H,7,12-13,18-20H2,(H2,30,31)(H,32,34);1-6,8-11,19H,7,12-16H2,(H2,24,25)(H,26,28);1-6,8-11,18H,7,12-15H2,(H2,23,24)(H,25,27);3-4,6-7,12H,2,5,8-9H2,1H3,(H2,16,17)(H,18,21)(H,19,20);9-10H,2-8H2,1H3,(H2,14,15)(H,16,18);7H,2-6H2,1H3,(H2,11,12)(H,13,16)(H,14,15);3*1H4/t25-;19-;18-;12-;9-,10+;7-;;;/m000000.../s1. The van der Waals surface area contributed by atoms with Crippen molar-refractivity contribution in [3.05, 3.63) is 269 Å². The summed E-state index contributed by atoms with van der Waals surface area (Å²) in [5.41, 5.74) is 41.5. The fraction of sp³-hybridized carbons (Fsp3) is 0.411. The molecular weight excluding hydrogens is 1940 g/mol. The summed E-state index contributed by atoms with van der Waals surface area (Å²) < 4.78 is 0. The van der Waals surface area contributed by atoms with E-state index in [-0.39, 0.29) is 135 Å². The van der Waals surface area contributed by atoms with Crippen LogP contribution in [0.15, 0.2) is 260 Å². The minimum atomic E-state index is -0.586. The Bertz CT molecular complexity index is 5600. The number of anilines is 1. The maximum Gasteiger partial charge on any atom is 0.254 e. The minimum absolute atomic E-state index is 0. The van der Waals surface area contributed by atoms with E-state index in [9.17, 15) is 57.5 Å². The van der Waals surface area contributed by atoms with Crippen molar-refractivity contribution >= 4 is 146 Å². The number of amidine groups is 6. The fourth-order valence-corrected chi connectivity index (χ4v) is 15.6. The largest absolute Gasteiger partial charge is 0.387 e. The summed E-state index contributed by atoms with van der Waals surface area (Å²) in [4.78, 5) is 174. The number of halogens is 3. The molecule has 3 saturated heterocycles. The molecule has 0 radical (unpaired) electrons. The molecule has 0 saturated carbocycles. The van der Waals surface area contributed by atoms with Gasteiger partial charge in [-0.2, -0.15) is 0 Å². The SMILES string of the molecule is C.C.C.CCC(N)=NCCC[C@@H]1NC(=O)CNC1=O.CCC(N)=NCCC[C@@H]1NC(=O)[C@H]2CCCN2C1=O.CCC(N)=NCCC[C@@H]1NC(=O)c2ccccc2NC1=O.NC(CCl)=NCCC[C@H](NC(=O)c1ccc(-c2ccccc2)cc1)C(=O)CCc1ccccc1.NC(CCl)=NCCC[C@H](NC(=O)c1ccccc1)C(=O)CCc1ccccc1.NC(CCl)=NCCC[C@H](NC(=O)c1ccccc1)C(=O)Cc1ccccc1. The van der Waals surface area contributed by atoms with Gasteiger partial charge in [-0.15, -0.1) is 34.8 Å². The number of hydrogen-bond acceptors (Lipinski definition) is 18. The first kappa shape index (κ1) is 126. The topological polar surface area (TPSA) is 535 Å². The lowest BCUT2D eigenvalue weighted by Gasteiger charge is -2.34. The monoisotopic (exact) mass is 2090 g/mol. The summed E-state index contributed by atoms with van der Waals surface area (Å²) in [6, 6.07) is 68.0. The highest BCUT2D eigenvalue weighted by Gasteiger charge is 2.43. The number of Topliss-reactive ketones (excluding diaryl/α,β-unsaturated/α-hetero) is 3. The van der Waals surface area contributed by atoms with Crippen LogP contribution in [0, 0.1) is 0 Å². The molecular formula is C112H152Cl3N21O12. The Morgan fingerprint density at radius 2 is 0.736 bits per heavy atom. The van der Waals surface area contributed by atoms with Crippen molar-refractivity contribution in [1.29, 1.82) is 0 Å². The van der Waals surface area contributed by atoms with E-state index < -0.39 is 30.2 Å². The van der Waals surface area contributed by atoms with E-state index in [4.69, 9.17) is 69.2 Å². The molecule has 4 heterocycles. The molecule has 798 valence electrons. The number of para-hydroxylation sites is 1. The first-order chi connectivity index (χ1) is 70.1. The molecule has 20 N–H and O–H groups in total. The third-order valence-corrected chi connectivity index (χ3v) is 24.3. The molecule has 4 aliphatic rings. The molecule has 0 aliphatic carbocycles. The summed E-state index contributed by atoms with van der Waals surface area (Å²) in [6.45, 7) is 9.80. The average molecular weight is 2090 g/mol. The molecule has 0 spiro atoms. The Balaban J connectivity index is 0.000000374. The molecule has 33 nitrogen and oxygen atoms in total. The van der Waals surface area contributed by atoms with Crippen LogP contribution in [-0.4, -0.2) is 223 Å². The van der Waals surface area contributed by atoms with Crippen LogP contribution < -0.4 is 76.9 Å². The molecule has 12 rings (SSSR count). The highest BCUT2D eigenvalue weighted by Crippen LogP contribution is 2.26. The lowest BCUT2D eigenvalue weighted by Crippen LogP contribution is -2.61. The Labute approximate surface area is 887 Å². The molecule has 8 aromatic rings. The number of aryl methyl sites for hydroxylation is 2. The van der Waals surface area contributed by atoms with Crippen LogP contribution in [0.3, 0.4) is 0 Å². The lowest BCUT2D eigenvalue weighted by atomic mass is 9.99. The molecule has 0 aromatic heterocycles. The number of ketones is 3. The molecule has 148 heavy (non-hydrogen) atoms. The second-order valence-electron chi connectivity index (χ2n) is 34.5. The van der Waals surface area contributed by atoms with Crippen molar-refractivity contribution in [3.8, 4) is 11.1 Å². The van der Waals surface area contributed by atoms with Gasteiger partial charge in [-0.3, -0.25) is 87.5 Å². The third-order valence-electron chi connectivity index (χ3n) is 23.5. The Morgan fingerprint density at radius 3 is 1.16 bits per heavy atom. The summed E-state index contributed by atoms with van der Waals surface area (Å²) in [7, 11) is 0. The summed E-state index contributed by atoms with van der Waals surface area (Å²) >= 11 is 16.9. The van der Waals surface area contributed by atoms with Crippen LogP contribution in [0.4, 0.5) is 5.69 Å². The summed E-state index contributed by atoms with van der Waals surface area (Å²) in [6.07, 6.45) is 13.5. The normalized spacial score (nSPS) is 15.9. The van der Waals surface area contributed by atoms with Gasteiger partial charge in [0.05, 0.1) is 71.1 Å². The van der Waals surface area contributed by atoms with E-state index in [0.717, 1.165) is 72.8 Å². The molecule has 4 aliphatic heterocycles. The second-order valence-corrected chi connectivity index (χ2v) is 35.3. The van der Waals surface area contributed by atoms with Crippen molar-refractivity contribution in [3.63, 3.8) is 0 Å². The quantitative estimate of drug-likeness (QED) is 0.00729. The molecule has 3 fully saturated rings. The molecule has 7 atom stereocenters. The van der Waals surface area contributed by atoms with E-state index in [1.165, 1.54) is 0 Å². The number of piperazine rings is 2. The van der Waals surface area contributed by atoms with E-state index in [1.54, 1.807) is 89.8 Å². The summed E-state index contributed by atoms with van der Waals surface area (Å²) in [5.74, 6) is 2.14. The molecule has 36 heteroatoms. The van der Waals surface area contributed by atoms with Gasteiger partial charge in [0.2, 0.25) is 29.5 Å². The third kappa shape index (κ3) is 47.5. The predicted octanol–water partition coefficient (Wildman–Crippen LogP) is 13.7. The number of nitrogens with two attached hydrogens (primary N) is 6. The lowest BCUT2D eigenvalue weighted by molar-refractivity contribution is -0.147. The maximum absolute atomic E-state index is 13.0. The van der Waals surface area contributed by atoms with Crippen molar-refractivity contribution in [2.75, 3.05) is 75.3 Å². The van der Waals surface area contributed by atoms with Gasteiger partial charge in [0.1, 0.15) is 41.7 Å². The Hall–Kier alpha value is -14.3. The number of fused-ring (bicyclic) bond motifs is 2. The first-order valence-corrected chi connectivity index (χ1v) is 50.9. The number of nitrogens with one attached hydrogen (secondary N) is 8. The van der Waals surface area contributed by atoms with Gasteiger partial charge in [0, 0.05) is 101 Å². The number of nitrogens with zero attached hydrogens (tertiary/aromatic N) is 7. The van der Waals surface area contributed by atoms with E-state index in [1.807, 2.05) is 166 Å². The van der Waals surface area contributed by atoms with Crippen LogP contribution in [0.1, 0.15) is 223 Å². The van der Waals surface area contributed by atoms with Gasteiger partial charge in [0.15, 0.2) is 17.3 Å². The van der Waals surface area contributed by atoms with E-state index >= 15 is 0 Å².